The van der Waals surface area contributed by atoms with Crippen LogP contribution in [0.15, 0.2) is 54.6 Å². The van der Waals surface area contributed by atoms with Gasteiger partial charge < -0.3 is 5.11 Å². The summed E-state index contributed by atoms with van der Waals surface area (Å²) in [7, 11) is 0. The third-order valence-electron chi connectivity index (χ3n) is 5.93. The average molecular weight is 434 g/mol. The maximum atomic E-state index is 11.0. The number of hydrogen-bond acceptors (Lipinski definition) is 6. The molecule has 31 heavy (non-hydrogen) atoms. The number of aryl methyl sites for hydroxylation is 2. The van der Waals surface area contributed by atoms with E-state index in [1.165, 1.54) is 28.0 Å². The number of hydrogen-bond donors (Lipinski definition) is 1. The summed E-state index contributed by atoms with van der Waals surface area (Å²) in [6.45, 7) is 8.82. The van der Waals surface area contributed by atoms with Crippen LogP contribution in [-0.2, 0) is 6.54 Å². The van der Waals surface area contributed by atoms with Gasteiger partial charge in [-0.25, -0.2) is 4.98 Å². The van der Waals surface area contributed by atoms with E-state index in [4.69, 9.17) is 0 Å². The van der Waals surface area contributed by atoms with E-state index in [-0.39, 0.29) is 11.9 Å². The van der Waals surface area contributed by atoms with Gasteiger partial charge in [0.05, 0.1) is 10.9 Å². The highest BCUT2D eigenvalue weighted by Gasteiger charge is 2.31. The number of aromatic nitrogens is 3. The molecular formula is C24H27N5OS. The van der Waals surface area contributed by atoms with Gasteiger partial charge in [0.15, 0.2) is 0 Å². The van der Waals surface area contributed by atoms with Gasteiger partial charge in [0.2, 0.25) is 10.8 Å². The third kappa shape index (κ3) is 4.08. The molecule has 2 aromatic heterocycles. The molecule has 1 aliphatic heterocycles. The Hall–Kier alpha value is -2.74. The van der Waals surface area contributed by atoms with Crippen LogP contribution >= 0.6 is 11.3 Å². The Morgan fingerprint density at radius 1 is 1.00 bits per heavy atom. The van der Waals surface area contributed by atoms with E-state index in [1.54, 1.807) is 4.52 Å². The van der Waals surface area contributed by atoms with E-state index in [9.17, 15) is 5.11 Å². The molecular weight excluding hydrogens is 406 g/mol. The van der Waals surface area contributed by atoms with Gasteiger partial charge >= 0.3 is 0 Å². The lowest BCUT2D eigenvalue weighted by molar-refractivity contribution is 0.105. The predicted molar refractivity (Wildman–Crippen MR) is 124 cm³/mol. The molecule has 160 valence electrons. The molecule has 2 aromatic carbocycles. The van der Waals surface area contributed by atoms with Gasteiger partial charge in [-0.2, -0.15) is 4.52 Å². The van der Waals surface area contributed by atoms with Crippen molar-refractivity contribution in [2.75, 3.05) is 26.2 Å². The molecule has 0 unspecified atom stereocenters. The second-order valence-corrected chi connectivity index (χ2v) is 9.27. The Bertz CT molecular complexity index is 1180. The van der Waals surface area contributed by atoms with Gasteiger partial charge in [-0.15, -0.1) is 5.10 Å². The molecule has 0 radical (unpaired) electrons. The van der Waals surface area contributed by atoms with Gasteiger partial charge in [-0.3, -0.25) is 9.80 Å². The van der Waals surface area contributed by atoms with Gasteiger partial charge in [-0.05, 0) is 25.0 Å². The summed E-state index contributed by atoms with van der Waals surface area (Å²) < 4.78 is 1.57. The molecule has 5 rings (SSSR count). The maximum absolute atomic E-state index is 11.0. The van der Waals surface area contributed by atoms with Crippen molar-refractivity contribution < 1.29 is 5.11 Å². The smallest absolute Gasteiger partial charge is 0.230 e. The first-order valence-electron chi connectivity index (χ1n) is 10.7. The summed E-state index contributed by atoms with van der Waals surface area (Å²) in [5.41, 5.74) is 3.78. The fourth-order valence-corrected chi connectivity index (χ4v) is 5.58. The lowest BCUT2D eigenvalue weighted by atomic mass is 10.0. The minimum Gasteiger partial charge on any atom is -0.492 e. The highest BCUT2D eigenvalue weighted by Crippen LogP contribution is 2.40. The molecule has 1 fully saturated rings. The highest BCUT2D eigenvalue weighted by atomic mass is 32.1. The van der Waals surface area contributed by atoms with Crippen LogP contribution in [0.5, 0.6) is 5.88 Å². The third-order valence-corrected chi connectivity index (χ3v) is 7.01. The standard InChI is InChI=1S/C24H27N5OS/c1-17-7-6-10-20(15-17)21(22-23(30)29-24(31-22)25-18(2)26-29)28-13-11-27(12-14-28)16-19-8-4-3-5-9-19/h3-10,15,21,30H,11-14,16H2,1-2H3/t21-/m0/s1. The van der Waals surface area contributed by atoms with Crippen LogP contribution in [0.4, 0.5) is 0 Å². The number of rotatable bonds is 5. The molecule has 0 spiro atoms. The van der Waals surface area contributed by atoms with Crippen molar-refractivity contribution in [3.05, 3.63) is 82.0 Å². The zero-order valence-corrected chi connectivity index (χ0v) is 18.7. The lowest BCUT2D eigenvalue weighted by Gasteiger charge is -2.39. The Morgan fingerprint density at radius 2 is 1.77 bits per heavy atom. The van der Waals surface area contributed by atoms with Gasteiger partial charge in [0.25, 0.3) is 0 Å². The Labute approximate surface area is 186 Å². The summed E-state index contributed by atoms with van der Waals surface area (Å²) in [5, 5.41) is 15.4. The second kappa shape index (κ2) is 8.42. The molecule has 6 nitrogen and oxygen atoms in total. The zero-order valence-electron chi connectivity index (χ0n) is 17.9. The van der Waals surface area contributed by atoms with E-state index >= 15 is 0 Å². The van der Waals surface area contributed by atoms with Crippen LogP contribution < -0.4 is 0 Å². The molecule has 3 heterocycles. The number of nitrogens with zero attached hydrogens (tertiary/aromatic N) is 5. The second-order valence-electron chi connectivity index (χ2n) is 8.26. The molecule has 0 saturated carbocycles. The summed E-state index contributed by atoms with van der Waals surface area (Å²) >= 11 is 1.53. The minimum atomic E-state index is -0.00687. The summed E-state index contributed by atoms with van der Waals surface area (Å²) in [5.74, 6) is 0.883. The number of piperazine rings is 1. The van der Waals surface area contributed by atoms with Gasteiger partial charge in [0.1, 0.15) is 5.82 Å². The first-order valence-corrected chi connectivity index (χ1v) is 11.5. The molecule has 0 aliphatic carbocycles. The Kier molecular flexibility index (Phi) is 5.48. The number of aromatic hydroxyl groups is 1. The van der Waals surface area contributed by atoms with Crippen LogP contribution in [0.2, 0.25) is 0 Å². The Morgan fingerprint density at radius 3 is 2.48 bits per heavy atom. The first-order chi connectivity index (χ1) is 15.1. The van der Waals surface area contributed by atoms with E-state index in [1.807, 2.05) is 6.92 Å². The van der Waals surface area contributed by atoms with Crippen molar-refractivity contribution in [3.8, 4) is 5.88 Å². The monoisotopic (exact) mass is 433 g/mol. The number of fused-ring (bicyclic) bond motifs is 1. The summed E-state index contributed by atoms with van der Waals surface area (Å²) in [4.78, 5) is 11.1. The topological polar surface area (TPSA) is 56.9 Å². The van der Waals surface area contributed by atoms with E-state index in [0.717, 1.165) is 42.6 Å². The van der Waals surface area contributed by atoms with E-state index in [0.29, 0.717) is 5.82 Å². The summed E-state index contributed by atoms with van der Waals surface area (Å²) in [6.07, 6.45) is 0. The molecule has 0 amide bonds. The van der Waals surface area contributed by atoms with Crippen molar-refractivity contribution in [3.63, 3.8) is 0 Å². The molecule has 1 saturated heterocycles. The van der Waals surface area contributed by atoms with Crippen molar-refractivity contribution in [2.24, 2.45) is 0 Å². The SMILES string of the molecule is Cc1cccc([C@@H](c2sc3nc(C)nn3c2O)N2CCN(Cc3ccccc3)CC2)c1. The Balaban J connectivity index is 1.43. The molecule has 0 bridgehead atoms. The zero-order chi connectivity index (χ0) is 21.4. The van der Waals surface area contributed by atoms with Crippen LogP contribution in [0.1, 0.15) is 33.4 Å². The predicted octanol–water partition coefficient (Wildman–Crippen LogP) is 4.02. The normalized spacial score (nSPS) is 16.7. The van der Waals surface area contributed by atoms with Crippen molar-refractivity contribution in [2.45, 2.75) is 26.4 Å². The van der Waals surface area contributed by atoms with Crippen LogP contribution in [0.25, 0.3) is 4.96 Å². The lowest BCUT2D eigenvalue weighted by Crippen LogP contribution is -2.47. The fraction of sp³-hybridized carbons (Fsp3) is 0.333. The number of benzene rings is 2. The van der Waals surface area contributed by atoms with Gasteiger partial charge in [0, 0.05) is 32.7 Å². The fourth-order valence-electron chi connectivity index (χ4n) is 4.42. The number of thiazole rings is 1. The first kappa shape index (κ1) is 20.2. The van der Waals surface area contributed by atoms with Crippen LogP contribution in [0, 0.1) is 13.8 Å². The summed E-state index contributed by atoms with van der Waals surface area (Å²) in [6, 6.07) is 19.2. The van der Waals surface area contributed by atoms with Crippen molar-refractivity contribution in [1.82, 2.24) is 24.4 Å². The van der Waals surface area contributed by atoms with E-state index in [2.05, 4.69) is 81.4 Å². The van der Waals surface area contributed by atoms with Crippen LogP contribution in [-0.4, -0.2) is 55.7 Å². The van der Waals surface area contributed by atoms with Crippen molar-refractivity contribution >= 4 is 16.3 Å². The maximum Gasteiger partial charge on any atom is 0.230 e. The minimum absolute atomic E-state index is 0.00687. The highest BCUT2D eigenvalue weighted by molar-refractivity contribution is 7.17. The average Bonchev–Trinajstić information content (AvgIpc) is 3.27. The molecule has 4 aromatic rings. The molecule has 7 heteroatoms. The molecule has 1 atom stereocenters. The molecule has 1 N–H and O–H groups in total. The van der Waals surface area contributed by atoms with Crippen LogP contribution in [0.3, 0.4) is 0 Å². The molecule has 1 aliphatic rings. The quantitative estimate of drug-likeness (QED) is 0.515. The largest absolute Gasteiger partial charge is 0.492 e. The van der Waals surface area contributed by atoms with E-state index < -0.39 is 0 Å². The van der Waals surface area contributed by atoms with Crippen molar-refractivity contribution in [1.29, 1.82) is 0 Å². The van der Waals surface area contributed by atoms with Gasteiger partial charge in [-0.1, -0.05) is 71.5 Å².